The van der Waals surface area contributed by atoms with E-state index in [4.69, 9.17) is 16.3 Å². The number of benzene rings is 2. The first kappa shape index (κ1) is 18.8. The highest BCUT2D eigenvalue weighted by Gasteiger charge is 2.21. The summed E-state index contributed by atoms with van der Waals surface area (Å²) in [6.07, 6.45) is 3.07. The molecule has 0 saturated heterocycles. The first-order valence-electron chi connectivity index (χ1n) is 7.74. The molecule has 2 aromatic carbocycles. The molecule has 27 heavy (non-hydrogen) atoms. The van der Waals surface area contributed by atoms with Gasteiger partial charge in [-0.25, -0.2) is 23.1 Å². The van der Waals surface area contributed by atoms with Crippen LogP contribution < -0.4 is 9.46 Å². The van der Waals surface area contributed by atoms with Gasteiger partial charge in [0.1, 0.15) is 5.75 Å². The van der Waals surface area contributed by atoms with Gasteiger partial charge in [0.2, 0.25) is 0 Å². The van der Waals surface area contributed by atoms with E-state index in [0.717, 1.165) is 0 Å². The van der Waals surface area contributed by atoms with E-state index in [9.17, 15) is 13.2 Å². The zero-order chi connectivity index (χ0) is 19.4. The molecule has 0 atom stereocenters. The molecule has 1 aromatic heterocycles. The van der Waals surface area contributed by atoms with Crippen LogP contribution in [0.4, 0.5) is 0 Å². The predicted octanol–water partition coefficient (Wildman–Crippen LogP) is 3.35. The van der Waals surface area contributed by atoms with E-state index < -0.39 is 15.9 Å². The van der Waals surface area contributed by atoms with Crippen molar-refractivity contribution in [1.82, 2.24) is 14.7 Å². The molecule has 0 unspecified atom stereocenters. The second kappa shape index (κ2) is 7.73. The quantitative estimate of drug-likeness (QED) is 0.701. The van der Waals surface area contributed by atoms with Crippen LogP contribution in [0.2, 0.25) is 5.02 Å². The highest BCUT2D eigenvalue weighted by molar-refractivity contribution is 7.90. The summed E-state index contributed by atoms with van der Waals surface area (Å²) in [5.74, 6) is -0.358. The van der Waals surface area contributed by atoms with Crippen molar-refractivity contribution < 1.29 is 17.9 Å². The summed E-state index contributed by atoms with van der Waals surface area (Å²) in [4.78, 5) is 20.1. The first-order chi connectivity index (χ1) is 12.9. The van der Waals surface area contributed by atoms with Gasteiger partial charge in [-0.3, -0.25) is 4.79 Å². The molecule has 0 fully saturated rings. The minimum atomic E-state index is -4.05. The van der Waals surface area contributed by atoms with Gasteiger partial charge in [-0.05, 0) is 55.0 Å². The van der Waals surface area contributed by atoms with E-state index in [1.807, 2.05) is 4.72 Å². The number of carbonyl (C=O) groups is 1. The molecule has 7 nitrogen and oxygen atoms in total. The van der Waals surface area contributed by atoms with E-state index in [0.29, 0.717) is 16.3 Å². The Bertz CT molecular complexity index is 1070. The Morgan fingerprint density at radius 1 is 1.04 bits per heavy atom. The molecular formula is C18H14ClN3O4S. The zero-order valence-electron chi connectivity index (χ0n) is 14.1. The second-order valence-corrected chi connectivity index (χ2v) is 7.51. The van der Waals surface area contributed by atoms with Crippen LogP contribution in [0, 0.1) is 6.92 Å². The number of nitrogens with zero attached hydrogens (tertiary/aromatic N) is 2. The third-order valence-electron chi connectivity index (χ3n) is 3.60. The van der Waals surface area contributed by atoms with Crippen LogP contribution in [-0.4, -0.2) is 24.3 Å². The Kier molecular flexibility index (Phi) is 5.38. The van der Waals surface area contributed by atoms with Gasteiger partial charge in [0, 0.05) is 23.0 Å². The average Bonchev–Trinajstić information content (AvgIpc) is 2.65. The zero-order valence-corrected chi connectivity index (χ0v) is 15.7. The molecule has 0 aliphatic heterocycles. The molecule has 9 heteroatoms. The van der Waals surface area contributed by atoms with Crippen molar-refractivity contribution in [2.75, 3.05) is 0 Å². The van der Waals surface area contributed by atoms with Crippen molar-refractivity contribution in [3.8, 4) is 11.8 Å². The van der Waals surface area contributed by atoms with Crippen molar-refractivity contribution in [3.05, 3.63) is 77.1 Å². The lowest BCUT2D eigenvalue weighted by atomic mass is 10.2. The maximum absolute atomic E-state index is 12.5. The van der Waals surface area contributed by atoms with Crippen molar-refractivity contribution in [2.24, 2.45) is 0 Å². The maximum atomic E-state index is 12.5. The van der Waals surface area contributed by atoms with E-state index in [1.165, 1.54) is 48.8 Å². The number of nitrogens with one attached hydrogen (secondary N) is 1. The predicted molar refractivity (Wildman–Crippen MR) is 99.4 cm³/mol. The highest BCUT2D eigenvalue weighted by atomic mass is 35.5. The Balaban J connectivity index is 1.75. The van der Waals surface area contributed by atoms with Crippen molar-refractivity contribution in [3.63, 3.8) is 0 Å². The summed E-state index contributed by atoms with van der Waals surface area (Å²) in [6, 6.07) is 12.2. The average molecular weight is 404 g/mol. The molecule has 138 valence electrons. The van der Waals surface area contributed by atoms with Gasteiger partial charge < -0.3 is 4.74 Å². The SMILES string of the molecule is Cc1c(Cl)cccc1S(=O)(=O)NC(=O)c1ccc(Oc2ncccn2)cc1. The minimum absolute atomic E-state index is 0.0514. The molecule has 0 spiro atoms. The number of ether oxygens (including phenoxy) is 1. The van der Waals surface area contributed by atoms with Crippen LogP contribution in [0.5, 0.6) is 11.8 Å². The lowest BCUT2D eigenvalue weighted by Crippen LogP contribution is -2.31. The number of hydrogen-bond acceptors (Lipinski definition) is 6. The lowest BCUT2D eigenvalue weighted by molar-refractivity contribution is 0.0981. The summed E-state index contributed by atoms with van der Waals surface area (Å²) in [6.45, 7) is 1.57. The van der Waals surface area contributed by atoms with E-state index in [-0.39, 0.29) is 16.5 Å². The van der Waals surface area contributed by atoms with Gasteiger partial charge in [0.05, 0.1) is 4.90 Å². The fourth-order valence-corrected chi connectivity index (χ4v) is 3.71. The number of hydrogen-bond donors (Lipinski definition) is 1. The first-order valence-corrected chi connectivity index (χ1v) is 9.60. The number of halogens is 1. The van der Waals surface area contributed by atoms with Crippen molar-refractivity contribution in [2.45, 2.75) is 11.8 Å². The lowest BCUT2D eigenvalue weighted by Gasteiger charge is -2.10. The third-order valence-corrected chi connectivity index (χ3v) is 5.49. The fraction of sp³-hybridized carbons (Fsp3) is 0.0556. The van der Waals surface area contributed by atoms with Gasteiger partial charge in [-0.15, -0.1) is 0 Å². The van der Waals surface area contributed by atoms with E-state index in [2.05, 4.69) is 9.97 Å². The Morgan fingerprint density at radius 3 is 2.37 bits per heavy atom. The third kappa shape index (κ3) is 4.42. The van der Waals surface area contributed by atoms with Gasteiger partial charge in [0.25, 0.3) is 15.9 Å². The van der Waals surface area contributed by atoms with Crippen LogP contribution in [0.15, 0.2) is 65.8 Å². The van der Waals surface area contributed by atoms with Crippen LogP contribution in [0.3, 0.4) is 0 Å². The summed E-state index contributed by atoms with van der Waals surface area (Å²) >= 11 is 5.96. The van der Waals surface area contributed by atoms with Crippen molar-refractivity contribution >= 4 is 27.5 Å². The Morgan fingerprint density at radius 2 is 1.70 bits per heavy atom. The standard InChI is InChI=1S/C18H14ClN3O4S/c1-12-15(19)4-2-5-16(12)27(24,25)22-17(23)13-6-8-14(9-7-13)26-18-20-10-3-11-21-18/h2-11H,1H3,(H,22,23). The molecule has 1 N–H and O–H groups in total. The number of rotatable bonds is 5. The number of aromatic nitrogens is 2. The molecule has 0 bridgehead atoms. The van der Waals surface area contributed by atoms with E-state index in [1.54, 1.807) is 19.1 Å². The van der Waals surface area contributed by atoms with Gasteiger partial charge in [0.15, 0.2) is 0 Å². The monoisotopic (exact) mass is 403 g/mol. The van der Waals surface area contributed by atoms with Gasteiger partial charge in [-0.2, -0.15) is 0 Å². The molecule has 1 heterocycles. The normalized spacial score (nSPS) is 11.0. The molecule has 1 amide bonds. The molecule has 0 radical (unpaired) electrons. The summed E-state index contributed by atoms with van der Waals surface area (Å²) in [5, 5.41) is 0.301. The van der Waals surface area contributed by atoms with Crippen LogP contribution in [0.1, 0.15) is 15.9 Å². The largest absolute Gasteiger partial charge is 0.424 e. The summed E-state index contributed by atoms with van der Waals surface area (Å²) in [7, 11) is -4.05. The number of amides is 1. The minimum Gasteiger partial charge on any atom is -0.424 e. The number of carbonyl (C=O) groups excluding carboxylic acids is 1. The van der Waals surface area contributed by atoms with Crippen molar-refractivity contribution in [1.29, 1.82) is 0 Å². The summed E-state index contributed by atoms with van der Waals surface area (Å²) < 4.78 is 32.4. The number of sulfonamides is 1. The fourth-order valence-electron chi connectivity index (χ4n) is 2.23. The van der Waals surface area contributed by atoms with Gasteiger partial charge >= 0.3 is 6.01 Å². The van der Waals surface area contributed by atoms with Crippen LogP contribution in [-0.2, 0) is 10.0 Å². The molecule has 0 aliphatic rings. The topological polar surface area (TPSA) is 98.2 Å². The van der Waals surface area contributed by atoms with Gasteiger partial charge in [-0.1, -0.05) is 17.7 Å². The molecule has 3 rings (SSSR count). The highest BCUT2D eigenvalue weighted by Crippen LogP contribution is 2.23. The van der Waals surface area contributed by atoms with Crippen LogP contribution >= 0.6 is 11.6 Å². The Labute approximate surface area is 161 Å². The second-order valence-electron chi connectivity index (χ2n) is 5.46. The van der Waals surface area contributed by atoms with E-state index >= 15 is 0 Å². The molecule has 3 aromatic rings. The van der Waals surface area contributed by atoms with Crippen LogP contribution in [0.25, 0.3) is 0 Å². The smallest absolute Gasteiger partial charge is 0.321 e. The summed E-state index contributed by atoms with van der Waals surface area (Å²) in [5.41, 5.74) is 0.519. The molecule has 0 aliphatic carbocycles. The maximum Gasteiger partial charge on any atom is 0.321 e. The Hall–Kier alpha value is -2.97. The molecule has 0 saturated carbocycles. The molecular weight excluding hydrogens is 390 g/mol.